The highest BCUT2D eigenvalue weighted by Gasteiger charge is 2.30. The average Bonchev–Trinajstić information content (AvgIpc) is 2.73. The van der Waals surface area contributed by atoms with E-state index in [-0.39, 0.29) is 17.8 Å². The number of benzene rings is 2. The minimum Gasteiger partial charge on any atom is -0.354 e. The molecule has 2 amide bonds. The molecule has 0 aliphatic rings. The molecule has 0 radical (unpaired) electrons. The van der Waals surface area contributed by atoms with E-state index in [1.165, 1.54) is 42.2 Å². The highest BCUT2D eigenvalue weighted by atomic mass is 35.5. The van der Waals surface area contributed by atoms with Gasteiger partial charge in [0.25, 0.3) is 0 Å². The van der Waals surface area contributed by atoms with Crippen LogP contribution in [0.1, 0.15) is 25.8 Å². The maximum Gasteiger partial charge on any atom is 0.244 e. The van der Waals surface area contributed by atoms with Crippen molar-refractivity contribution in [3.05, 3.63) is 64.9 Å². The van der Waals surface area contributed by atoms with Crippen molar-refractivity contribution in [3.63, 3.8) is 0 Å². The lowest BCUT2D eigenvalue weighted by Gasteiger charge is -2.31. The van der Waals surface area contributed by atoms with Crippen LogP contribution in [0.4, 0.5) is 10.1 Å². The standard InChI is InChI=1S/C22H27ClFN3O4S/c1-4-12-25-22(29)16(2)26(14-17-8-5-6-11-20(17)24)21(28)15-27(32(3,30)31)19-10-7-9-18(23)13-19/h5-11,13,16H,4,12,14-15H2,1-3H3,(H,25,29)/t16-/m0/s1. The Labute approximate surface area is 193 Å². The van der Waals surface area contributed by atoms with Crippen LogP contribution in [0, 0.1) is 5.82 Å². The number of carbonyl (C=O) groups excluding carboxylic acids is 2. The van der Waals surface area contributed by atoms with Crippen LogP contribution in [0.15, 0.2) is 48.5 Å². The van der Waals surface area contributed by atoms with Gasteiger partial charge in [-0.3, -0.25) is 13.9 Å². The molecule has 2 rings (SSSR count). The number of nitrogens with one attached hydrogen (secondary N) is 1. The molecule has 174 valence electrons. The van der Waals surface area contributed by atoms with Crippen molar-refractivity contribution < 1.29 is 22.4 Å². The molecule has 0 saturated carbocycles. The lowest BCUT2D eigenvalue weighted by Crippen LogP contribution is -2.51. The second-order valence-electron chi connectivity index (χ2n) is 7.33. The number of carbonyl (C=O) groups is 2. The molecular weight excluding hydrogens is 457 g/mol. The molecule has 7 nitrogen and oxygen atoms in total. The summed E-state index contributed by atoms with van der Waals surface area (Å²) in [6.07, 6.45) is 1.68. The predicted molar refractivity (Wildman–Crippen MR) is 123 cm³/mol. The molecule has 1 atom stereocenters. The zero-order valence-corrected chi connectivity index (χ0v) is 19.8. The summed E-state index contributed by atoms with van der Waals surface area (Å²) < 4.78 is 40.1. The Kier molecular flexibility index (Phi) is 9.03. The SMILES string of the molecule is CCCNC(=O)[C@H](C)N(Cc1ccccc1F)C(=O)CN(c1cccc(Cl)c1)S(C)(=O)=O. The average molecular weight is 484 g/mol. The molecule has 32 heavy (non-hydrogen) atoms. The Hall–Kier alpha value is -2.65. The maximum absolute atomic E-state index is 14.3. The summed E-state index contributed by atoms with van der Waals surface area (Å²) in [6, 6.07) is 11.1. The smallest absolute Gasteiger partial charge is 0.244 e. The maximum atomic E-state index is 14.3. The zero-order chi connectivity index (χ0) is 23.9. The van der Waals surface area contributed by atoms with Crippen molar-refractivity contribution in [1.82, 2.24) is 10.2 Å². The lowest BCUT2D eigenvalue weighted by atomic mass is 10.1. The van der Waals surface area contributed by atoms with Gasteiger partial charge in [-0.05, 0) is 37.6 Å². The van der Waals surface area contributed by atoms with Gasteiger partial charge in [-0.25, -0.2) is 12.8 Å². The second kappa shape index (κ2) is 11.3. The van der Waals surface area contributed by atoms with E-state index < -0.39 is 40.2 Å². The van der Waals surface area contributed by atoms with E-state index in [2.05, 4.69) is 5.32 Å². The predicted octanol–water partition coefficient (Wildman–Crippen LogP) is 3.19. The number of anilines is 1. The summed E-state index contributed by atoms with van der Waals surface area (Å²) in [5, 5.41) is 3.02. The van der Waals surface area contributed by atoms with Crippen molar-refractivity contribution >= 4 is 39.1 Å². The third-order valence-corrected chi connectivity index (χ3v) is 6.17. The summed E-state index contributed by atoms with van der Waals surface area (Å²) >= 11 is 5.99. The number of amides is 2. The fourth-order valence-electron chi connectivity index (χ4n) is 3.03. The third-order valence-electron chi connectivity index (χ3n) is 4.79. The number of hydrogen-bond donors (Lipinski definition) is 1. The van der Waals surface area contributed by atoms with Crippen LogP contribution < -0.4 is 9.62 Å². The van der Waals surface area contributed by atoms with Gasteiger partial charge in [0.15, 0.2) is 0 Å². The first-order valence-corrected chi connectivity index (χ1v) is 12.3. The Bertz CT molecular complexity index is 1060. The molecule has 2 aromatic rings. The molecule has 0 heterocycles. The summed E-state index contributed by atoms with van der Waals surface area (Å²) in [6.45, 7) is 3.07. The van der Waals surface area contributed by atoms with Crippen LogP contribution in [0.5, 0.6) is 0 Å². The minimum absolute atomic E-state index is 0.195. The number of rotatable bonds is 10. The zero-order valence-electron chi connectivity index (χ0n) is 18.2. The number of sulfonamides is 1. The van der Waals surface area contributed by atoms with Crippen LogP contribution in [-0.4, -0.2) is 50.5 Å². The second-order valence-corrected chi connectivity index (χ2v) is 9.67. The monoisotopic (exact) mass is 483 g/mol. The van der Waals surface area contributed by atoms with Gasteiger partial charge in [0.2, 0.25) is 21.8 Å². The molecule has 0 saturated heterocycles. The van der Waals surface area contributed by atoms with Crippen molar-refractivity contribution in [2.45, 2.75) is 32.9 Å². The Morgan fingerprint density at radius 3 is 2.44 bits per heavy atom. The molecule has 0 aliphatic carbocycles. The minimum atomic E-state index is -3.85. The summed E-state index contributed by atoms with van der Waals surface area (Å²) in [4.78, 5) is 27.0. The highest BCUT2D eigenvalue weighted by molar-refractivity contribution is 7.92. The van der Waals surface area contributed by atoms with Crippen LogP contribution in [0.25, 0.3) is 0 Å². The Morgan fingerprint density at radius 1 is 1.16 bits per heavy atom. The van der Waals surface area contributed by atoms with E-state index in [1.807, 2.05) is 6.92 Å². The number of hydrogen-bond acceptors (Lipinski definition) is 4. The van der Waals surface area contributed by atoms with Crippen LogP contribution >= 0.6 is 11.6 Å². The molecule has 0 fully saturated rings. The summed E-state index contributed by atoms with van der Waals surface area (Å²) in [5.41, 5.74) is 0.423. The summed E-state index contributed by atoms with van der Waals surface area (Å²) in [5.74, 6) is -1.59. The van der Waals surface area contributed by atoms with E-state index in [1.54, 1.807) is 18.2 Å². The van der Waals surface area contributed by atoms with Crippen molar-refractivity contribution in [2.75, 3.05) is 23.7 Å². The number of halogens is 2. The van der Waals surface area contributed by atoms with Gasteiger partial charge in [0, 0.05) is 23.7 Å². The third kappa shape index (κ3) is 6.93. The molecule has 0 aliphatic heterocycles. The normalized spacial score (nSPS) is 12.2. The molecule has 0 unspecified atom stereocenters. The first kappa shape index (κ1) is 25.6. The van der Waals surface area contributed by atoms with Gasteiger partial charge in [-0.1, -0.05) is 42.8 Å². The molecular formula is C22H27ClFN3O4S. The quantitative estimate of drug-likeness (QED) is 0.562. The van der Waals surface area contributed by atoms with Crippen LogP contribution in [-0.2, 0) is 26.2 Å². The topological polar surface area (TPSA) is 86.8 Å². The van der Waals surface area contributed by atoms with E-state index in [4.69, 9.17) is 11.6 Å². The van der Waals surface area contributed by atoms with Crippen LogP contribution in [0.2, 0.25) is 5.02 Å². The first-order chi connectivity index (χ1) is 15.0. The molecule has 0 aromatic heterocycles. The highest BCUT2D eigenvalue weighted by Crippen LogP contribution is 2.22. The summed E-state index contributed by atoms with van der Waals surface area (Å²) in [7, 11) is -3.85. The van der Waals surface area contributed by atoms with Gasteiger partial charge in [0.1, 0.15) is 18.4 Å². The van der Waals surface area contributed by atoms with E-state index in [0.717, 1.165) is 10.6 Å². The fraction of sp³-hybridized carbons (Fsp3) is 0.364. The first-order valence-electron chi connectivity index (χ1n) is 10.1. The lowest BCUT2D eigenvalue weighted by molar-refractivity contribution is -0.139. The van der Waals surface area contributed by atoms with Gasteiger partial charge in [-0.2, -0.15) is 0 Å². The molecule has 0 bridgehead atoms. The fourth-order valence-corrected chi connectivity index (χ4v) is 4.06. The van der Waals surface area contributed by atoms with Gasteiger partial charge in [-0.15, -0.1) is 0 Å². The number of nitrogens with zero attached hydrogens (tertiary/aromatic N) is 2. The van der Waals surface area contributed by atoms with E-state index in [0.29, 0.717) is 18.0 Å². The van der Waals surface area contributed by atoms with Crippen molar-refractivity contribution in [1.29, 1.82) is 0 Å². The van der Waals surface area contributed by atoms with Crippen molar-refractivity contribution in [3.8, 4) is 0 Å². The van der Waals surface area contributed by atoms with Crippen molar-refractivity contribution in [2.24, 2.45) is 0 Å². The van der Waals surface area contributed by atoms with E-state index >= 15 is 0 Å². The van der Waals surface area contributed by atoms with E-state index in [9.17, 15) is 22.4 Å². The van der Waals surface area contributed by atoms with Gasteiger partial charge in [0.05, 0.1) is 11.9 Å². The van der Waals surface area contributed by atoms with Gasteiger partial charge < -0.3 is 10.2 Å². The Balaban J connectivity index is 2.38. The van der Waals surface area contributed by atoms with Crippen LogP contribution in [0.3, 0.4) is 0 Å². The molecule has 10 heteroatoms. The molecule has 0 spiro atoms. The molecule has 1 N–H and O–H groups in total. The molecule has 2 aromatic carbocycles. The Morgan fingerprint density at radius 2 is 1.84 bits per heavy atom. The van der Waals surface area contributed by atoms with Gasteiger partial charge >= 0.3 is 0 Å². The largest absolute Gasteiger partial charge is 0.354 e.